The fourth-order valence-electron chi connectivity index (χ4n) is 1.70. The molecule has 0 atom stereocenters. The molecule has 1 aromatic carbocycles. The second-order valence-electron chi connectivity index (χ2n) is 4.16. The zero-order chi connectivity index (χ0) is 15.4. The Bertz CT molecular complexity index is 681. The van der Waals surface area contributed by atoms with Gasteiger partial charge in [-0.05, 0) is 31.2 Å². The molecule has 0 aliphatic rings. The van der Waals surface area contributed by atoms with Crippen LogP contribution >= 0.6 is 27.5 Å². The van der Waals surface area contributed by atoms with Gasteiger partial charge in [0.2, 0.25) is 0 Å². The maximum absolute atomic E-state index is 13.3. The predicted octanol–water partition coefficient (Wildman–Crippen LogP) is 4.32. The number of amides is 1. The Hall–Kier alpha value is -1.66. The molecule has 1 amide bonds. The van der Waals surface area contributed by atoms with E-state index in [0.29, 0.717) is 23.1 Å². The summed E-state index contributed by atoms with van der Waals surface area (Å²) in [6.07, 6.45) is 1.06. The number of carbonyl (C=O) groups is 1. The van der Waals surface area contributed by atoms with Gasteiger partial charge < -0.3 is 10.6 Å². The van der Waals surface area contributed by atoms with Gasteiger partial charge in [0.15, 0.2) is 0 Å². The molecule has 7 heteroatoms. The van der Waals surface area contributed by atoms with E-state index in [2.05, 4.69) is 31.5 Å². The van der Waals surface area contributed by atoms with Crippen LogP contribution in [0.5, 0.6) is 0 Å². The third-order valence-corrected chi connectivity index (χ3v) is 3.43. The first-order valence-electron chi connectivity index (χ1n) is 6.17. The van der Waals surface area contributed by atoms with E-state index in [1.54, 1.807) is 18.2 Å². The van der Waals surface area contributed by atoms with E-state index in [1.807, 2.05) is 6.92 Å². The molecule has 0 fully saturated rings. The van der Waals surface area contributed by atoms with E-state index in [1.165, 1.54) is 0 Å². The van der Waals surface area contributed by atoms with Crippen molar-refractivity contribution in [2.45, 2.75) is 6.92 Å². The Labute approximate surface area is 134 Å². The predicted molar refractivity (Wildman–Crippen MR) is 85.5 cm³/mol. The number of rotatable bonds is 4. The number of hydrogen-bond donors (Lipinski definition) is 2. The number of hydrogen-bond acceptors (Lipinski definition) is 3. The Morgan fingerprint density at radius 1 is 1.43 bits per heavy atom. The average Bonchev–Trinajstić information content (AvgIpc) is 2.44. The van der Waals surface area contributed by atoms with Crippen molar-refractivity contribution >= 4 is 44.9 Å². The highest BCUT2D eigenvalue weighted by Gasteiger charge is 2.15. The molecule has 0 saturated heterocycles. The maximum atomic E-state index is 13.3. The Kier molecular flexibility index (Phi) is 5.14. The molecular weight excluding hydrogens is 361 g/mol. The highest BCUT2D eigenvalue weighted by Crippen LogP contribution is 2.26. The van der Waals surface area contributed by atoms with E-state index in [9.17, 15) is 9.18 Å². The second-order valence-corrected chi connectivity index (χ2v) is 5.48. The lowest BCUT2D eigenvalue weighted by molar-refractivity contribution is 0.102. The van der Waals surface area contributed by atoms with Gasteiger partial charge in [0.1, 0.15) is 11.6 Å². The third-order valence-electron chi connectivity index (χ3n) is 2.62. The Morgan fingerprint density at radius 3 is 2.86 bits per heavy atom. The molecule has 0 spiro atoms. The van der Waals surface area contributed by atoms with Crippen molar-refractivity contribution in [3.63, 3.8) is 0 Å². The van der Waals surface area contributed by atoms with Crippen LogP contribution in [-0.2, 0) is 0 Å². The van der Waals surface area contributed by atoms with E-state index in [-0.39, 0.29) is 5.56 Å². The molecule has 0 saturated carbocycles. The molecule has 2 N–H and O–H groups in total. The second kappa shape index (κ2) is 6.87. The number of nitrogens with one attached hydrogen (secondary N) is 2. The minimum absolute atomic E-state index is 0.121. The van der Waals surface area contributed by atoms with Crippen molar-refractivity contribution in [1.29, 1.82) is 0 Å². The number of nitrogens with zero attached hydrogens (tertiary/aromatic N) is 1. The van der Waals surface area contributed by atoms with Crippen molar-refractivity contribution in [3.8, 4) is 0 Å². The molecule has 1 aromatic heterocycles. The minimum Gasteiger partial charge on any atom is -0.370 e. The first kappa shape index (κ1) is 15.7. The minimum atomic E-state index is -0.580. The molecule has 110 valence electrons. The Balaban J connectivity index is 2.29. The van der Waals surface area contributed by atoms with Gasteiger partial charge in [-0.2, -0.15) is 0 Å². The summed E-state index contributed by atoms with van der Waals surface area (Å²) in [6, 6.07) is 6.19. The van der Waals surface area contributed by atoms with Crippen LogP contribution in [0.2, 0.25) is 5.02 Å². The van der Waals surface area contributed by atoms with Crippen molar-refractivity contribution in [3.05, 3.63) is 51.3 Å². The molecule has 2 rings (SSSR count). The molecule has 0 radical (unpaired) electrons. The third kappa shape index (κ3) is 3.92. The highest BCUT2D eigenvalue weighted by molar-refractivity contribution is 9.10. The van der Waals surface area contributed by atoms with Gasteiger partial charge in [-0.15, -0.1) is 0 Å². The lowest BCUT2D eigenvalue weighted by Crippen LogP contribution is -2.16. The summed E-state index contributed by atoms with van der Waals surface area (Å²) >= 11 is 9.33. The monoisotopic (exact) mass is 371 g/mol. The van der Waals surface area contributed by atoms with Gasteiger partial charge in [0.05, 0.1) is 22.5 Å². The number of pyridine rings is 1. The molecule has 4 nitrogen and oxygen atoms in total. The molecule has 1 heterocycles. The summed E-state index contributed by atoms with van der Waals surface area (Å²) in [4.78, 5) is 16.2. The van der Waals surface area contributed by atoms with Gasteiger partial charge >= 0.3 is 0 Å². The largest absolute Gasteiger partial charge is 0.370 e. The lowest BCUT2D eigenvalue weighted by Gasteiger charge is -2.11. The fraction of sp³-hybridized carbons (Fsp3) is 0.143. The van der Waals surface area contributed by atoms with Crippen LogP contribution in [0.25, 0.3) is 0 Å². The molecule has 0 aliphatic heterocycles. The zero-order valence-corrected chi connectivity index (χ0v) is 13.4. The van der Waals surface area contributed by atoms with Crippen LogP contribution < -0.4 is 10.6 Å². The van der Waals surface area contributed by atoms with Crippen LogP contribution in [-0.4, -0.2) is 17.4 Å². The number of benzene rings is 1. The quantitative estimate of drug-likeness (QED) is 0.840. The summed E-state index contributed by atoms with van der Waals surface area (Å²) < 4.78 is 14.1. The maximum Gasteiger partial charge on any atom is 0.259 e. The normalized spacial score (nSPS) is 10.3. The average molecular weight is 373 g/mol. The molecule has 2 aromatic rings. The molecule has 0 aliphatic carbocycles. The summed E-state index contributed by atoms with van der Waals surface area (Å²) in [5, 5.41) is 5.94. The smallest absolute Gasteiger partial charge is 0.259 e. The Morgan fingerprint density at radius 2 is 2.19 bits per heavy atom. The topological polar surface area (TPSA) is 54.0 Å². The summed E-state index contributed by atoms with van der Waals surface area (Å²) in [5.41, 5.74) is 0.562. The van der Waals surface area contributed by atoms with Crippen molar-refractivity contribution < 1.29 is 9.18 Å². The van der Waals surface area contributed by atoms with E-state index < -0.39 is 11.7 Å². The van der Waals surface area contributed by atoms with Gasteiger partial charge in [0.25, 0.3) is 5.91 Å². The lowest BCUT2D eigenvalue weighted by atomic mass is 10.2. The fourth-order valence-corrected chi connectivity index (χ4v) is 2.42. The van der Waals surface area contributed by atoms with E-state index in [4.69, 9.17) is 11.6 Å². The summed E-state index contributed by atoms with van der Waals surface area (Å²) in [7, 11) is 0. The first-order valence-corrected chi connectivity index (χ1v) is 7.34. The molecule has 0 bridgehead atoms. The number of carbonyl (C=O) groups excluding carboxylic acids is 1. The molecular formula is C14H12BrClFN3O. The van der Waals surface area contributed by atoms with E-state index >= 15 is 0 Å². The number of aromatic nitrogens is 1. The number of anilines is 2. The summed E-state index contributed by atoms with van der Waals surface area (Å²) in [6.45, 7) is 2.43. The standard InChI is InChI=1S/C14H12BrClFN3O/c1-2-18-13-10(6-9(17)7-19-13)14(21)20-12-4-3-8(15)5-11(12)16/h3-7H,2H2,1H3,(H,18,19)(H,20,21). The van der Waals surface area contributed by atoms with Crippen molar-refractivity contribution in [2.75, 3.05) is 17.2 Å². The molecule has 0 unspecified atom stereocenters. The number of halogens is 3. The van der Waals surface area contributed by atoms with Gasteiger partial charge in [0, 0.05) is 11.0 Å². The molecule has 21 heavy (non-hydrogen) atoms. The van der Waals surface area contributed by atoms with Crippen molar-refractivity contribution in [2.24, 2.45) is 0 Å². The van der Waals surface area contributed by atoms with E-state index in [0.717, 1.165) is 16.7 Å². The van der Waals surface area contributed by atoms with Crippen LogP contribution in [0.4, 0.5) is 15.9 Å². The van der Waals surface area contributed by atoms with Gasteiger partial charge in [-0.3, -0.25) is 4.79 Å². The van der Waals surface area contributed by atoms with Crippen molar-refractivity contribution in [1.82, 2.24) is 4.98 Å². The van der Waals surface area contributed by atoms with Gasteiger partial charge in [-0.1, -0.05) is 27.5 Å². The highest BCUT2D eigenvalue weighted by atomic mass is 79.9. The van der Waals surface area contributed by atoms with Gasteiger partial charge in [-0.25, -0.2) is 9.37 Å². The van der Waals surface area contributed by atoms with Crippen LogP contribution in [0.1, 0.15) is 17.3 Å². The SMILES string of the molecule is CCNc1ncc(F)cc1C(=O)Nc1ccc(Br)cc1Cl. The van der Waals surface area contributed by atoms with Crippen LogP contribution in [0.3, 0.4) is 0 Å². The van der Waals surface area contributed by atoms with Crippen LogP contribution in [0.15, 0.2) is 34.9 Å². The van der Waals surface area contributed by atoms with Crippen LogP contribution in [0, 0.1) is 5.82 Å². The summed E-state index contributed by atoms with van der Waals surface area (Å²) in [5.74, 6) is -0.740. The first-order chi connectivity index (χ1) is 10.0. The zero-order valence-electron chi connectivity index (χ0n) is 11.1.